The summed E-state index contributed by atoms with van der Waals surface area (Å²) < 4.78 is 0. The van der Waals surface area contributed by atoms with Crippen molar-refractivity contribution >= 4 is 23.4 Å². The third kappa shape index (κ3) is 2.95. The summed E-state index contributed by atoms with van der Waals surface area (Å²) in [5, 5.41) is 6.13. The van der Waals surface area contributed by atoms with Crippen LogP contribution in [-0.2, 0) is 4.79 Å². The first-order chi connectivity index (χ1) is 12.7. The van der Waals surface area contributed by atoms with Crippen molar-refractivity contribution in [1.29, 1.82) is 0 Å². The molecule has 3 aromatic rings. The molecule has 3 heteroatoms. The third-order valence-corrected chi connectivity index (χ3v) is 4.41. The van der Waals surface area contributed by atoms with Crippen LogP contribution in [-0.4, -0.2) is 11.6 Å². The predicted octanol–water partition coefficient (Wildman–Crippen LogP) is 4.83. The maximum atomic E-state index is 13.1. The Balaban J connectivity index is 1.85. The molecule has 26 heavy (non-hydrogen) atoms. The average Bonchev–Trinajstić information content (AvgIpc) is 3.01. The number of hydrogen-bond acceptors (Lipinski definition) is 2. The summed E-state index contributed by atoms with van der Waals surface area (Å²) in [5.74, 6) is -0.113. The van der Waals surface area contributed by atoms with Crippen LogP contribution in [0.1, 0.15) is 16.7 Å². The van der Waals surface area contributed by atoms with Crippen LogP contribution in [0.2, 0.25) is 0 Å². The van der Waals surface area contributed by atoms with Crippen molar-refractivity contribution in [3.8, 4) is 0 Å². The fourth-order valence-electron chi connectivity index (χ4n) is 3.00. The molecule has 0 saturated heterocycles. The van der Waals surface area contributed by atoms with Crippen molar-refractivity contribution in [3.63, 3.8) is 0 Å². The summed E-state index contributed by atoms with van der Waals surface area (Å²) >= 11 is 0. The lowest BCUT2D eigenvalue weighted by atomic mass is 9.98. The number of amides is 1. The monoisotopic (exact) mass is 338 g/mol. The number of anilines is 1. The molecule has 126 valence electrons. The van der Waals surface area contributed by atoms with Gasteiger partial charge in [0.1, 0.15) is 5.71 Å². The number of nitrogens with zero attached hydrogens (tertiary/aromatic N) is 2. The second-order valence-corrected chi connectivity index (χ2v) is 6.18. The van der Waals surface area contributed by atoms with E-state index in [0.29, 0.717) is 11.3 Å². The molecule has 0 spiro atoms. The Bertz CT molecular complexity index is 1000. The highest BCUT2D eigenvalue weighted by atomic mass is 16.2. The van der Waals surface area contributed by atoms with Gasteiger partial charge in [0.2, 0.25) is 0 Å². The zero-order valence-electron chi connectivity index (χ0n) is 14.5. The van der Waals surface area contributed by atoms with Gasteiger partial charge in [0.05, 0.1) is 11.3 Å². The number of hydrogen-bond donors (Lipinski definition) is 0. The second kappa shape index (κ2) is 6.81. The number of para-hydroxylation sites is 1. The molecular formula is C23H18N2O. The Labute approximate surface area is 152 Å². The highest BCUT2D eigenvalue weighted by Crippen LogP contribution is 2.28. The molecule has 0 unspecified atom stereocenters. The van der Waals surface area contributed by atoms with Gasteiger partial charge in [0.15, 0.2) is 0 Å². The van der Waals surface area contributed by atoms with E-state index in [1.54, 1.807) is 0 Å². The van der Waals surface area contributed by atoms with Crippen LogP contribution in [0.25, 0.3) is 6.08 Å². The topological polar surface area (TPSA) is 32.7 Å². The van der Waals surface area contributed by atoms with Gasteiger partial charge in [0, 0.05) is 5.56 Å². The lowest BCUT2D eigenvalue weighted by Gasteiger charge is -2.11. The van der Waals surface area contributed by atoms with E-state index in [1.165, 1.54) is 5.01 Å². The normalized spacial score (nSPS) is 15.4. The van der Waals surface area contributed by atoms with Gasteiger partial charge in [-0.2, -0.15) is 10.1 Å². The quantitative estimate of drug-likeness (QED) is 0.630. The predicted molar refractivity (Wildman–Crippen MR) is 106 cm³/mol. The second-order valence-electron chi connectivity index (χ2n) is 6.18. The van der Waals surface area contributed by atoms with Crippen LogP contribution in [0.15, 0.2) is 95.6 Å². The van der Waals surface area contributed by atoms with E-state index in [1.807, 2.05) is 97.9 Å². The summed E-state index contributed by atoms with van der Waals surface area (Å²) in [6, 6.07) is 27.4. The fraction of sp³-hybridized carbons (Fsp3) is 0.0435. The first-order valence-corrected chi connectivity index (χ1v) is 8.55. The largest absolute Gasteiger partial charge is 0.281 e. The molecular weight excluding hydrogens is 320 g/mol. The Morgan fingerprint density at radius 3 is 2.12 bits per heavy atom. The standard InChI is InChI=1S/C23H18N2O/c1-17-10-8-9-13-19(17)16-21-22(18-11-4-2-5-12-18)24-25(23(21)26)20-14-6-3-7-15-20/h2-16H,1H3/b21-16+. The molecule has 0 saturated carbocycles. The van der Waals surface area contributed by atoms with Crippen LogP contribution >= 0.6 is 0 Å². The molecule has 0 fully saturated rings. The molecule has 3 aromatic carbocycles. The summed E-state index contributed by atoms with van der Waals surface area (Å²) in [5.41, 5.74) is 5.14. The SMILES string of the molecule is Cc1ccccc1/C=C1/C(=O)N(c2ccccc2)N=C1c1ccccc1. The molecule has 0 aromatic heterocycles. The van der Waals surface area contributed by atoms with Gasteiger partial charge in [0.25, 0.3) is 5.91 Å². The Morgan fingerprint density at radius 1 is 0.808 bits per heavy atom. The van der Waals surface area contributed by atoms with E-state index in [9.17, 15) is 4.79 Å². The van der Waals surface area contributed by atoms with Crippen LogP contribution < -0.4 is 5.01 Å². The maximum absolute atomic E-state index is 13.1. The number of rotatable bonds is 3. The third-order valence-electron chi connectivity index (χ3n) is 4.41. The van der Waals surface area contributed by atoms with E-state index in [2.05, 4.69) is 5.10 Å². The summed E-state index contributed by atoms with van der Waals surface area (Å²) in [6.45, 7) is 2.04. The van der Waals surface area contributed by atoms with Gasteiger partial charge >= 0.3 is 0 Å². The molecule has 1 aliphatic rings. The summed E-state index contributed by atoms with van der Waals surface area (Å²) in [6.07, 6.45) is 1.94. The van der Waals surface area contributed by atoms with Crippen molar-refractivity contribution in [2.24, 2.45) is 5.10 Å². The van der Waals surface area contributed by atoms with E-state index >= 15 is 0 Å². The molecule has 0 aliphatic carbocycles. The van der Waals surface area contributed by atoms with Crippen molar-refractivity contribution in [3.05, 3.63) is 107 Å². The van der Waals surface area contributed by atoms with Crippen LogP contribution in [0.4, 0.5) is 5.69 Å². The molecule has 0 radical (unpaired) electrons. The Kier molecular flexibility index (Phi) is 4.20. The molecule has 1 amide bonds. The minimum absolute atomic E-state index is 0.113. The van der Waals surface area contributed by atoms with Crippen LogP contribution in [0.3, 0.4) is 0 Å². The number of hydrazone groups is 1. The first-order valence-electron chi connectivity index (χ1n) is 8.55. The number of carbonyl (C=O) groups excluding carboxylic acids is 1. The minimum Gasteiger partial charge on any atom is -0.267 e. The van der Waals surface area contributed by atoms with E-state index in [0.717, 1.165) is 22.4 Å². The van der Waals surface area contributed by atoms with Crippen molar-refractivity contribution < 1.29 is 4.79 Å². The zero-order valence-corrected chi connectivity index (χ0v) is 14.5. The number of aryl methyl sites for hydroxylation is 1. The van der Waals surface area contributed by atoms with E-state index in [-0.39, 0.29) is 5.91 Å². The number of carbonyl (C=O) groups is 1. The molecule has 0 atom stereocenters. The van der Waals surface area contributed by atoms with Gasteiger partial charge in [-0.1, -0.05) is 72.8 Å². The van der Waals surface area contributed by atoms with E-state index < -0.39 is 0 Å². The maximum Gasteiger partial charge on any atom is 0.281 e. The van der Waals surface area contributed by atoms with Gasteiger partial charge in [-0.25, -0.2) is 0 Å². The Hall–Kier alpha value is -3.46. The van der Waals surface area contributed by atoms with Crippen molar-refractivity contribution in [2.75, 3.05) is 5.01 Å². The fourth-order valence-corrected chi connectivity index (χ4v) is 3.00. The smallest absolute Gasteiger partial charge is 0.267 e. The molecule has 4 rings (SSSR count). The van der Waals surface area contributed by atoms with Gasteiger partial charge < -0.3 is 0 Å². The van der Waals surface area contributed by atoms with Crippen molar-refractivity contribution in [2.45, 2.75) is 6.92 Å². The molecule has 3 nitrogen and oxygen atoms in total. The van der Waals surface area contributed by atoms with E-state index in [4.69, 9.17) is 0 Å². The average molecular weight is 338 g/mol. The number of benzene rings is 3. The van der Waals surface area contributed by atoms with Crippen molar-refractivity contribution in [1.82, 2.24) is 0 Å². The molecule has 0 bridgehead atoms. The highest BCUT2D eigenvalue weighted by molar-refractivity contribution is 6.37. The minimum atomic E-state index is -0.113. The van der Waals surface area contributed by atoms with Crippen LogP contribution in [0.5, 0.6) is 0 Å². The highest BCUT2D eigenvalue weighted by Gasteiger charge is 2.31. The van der Waals surface area contributed by atoms with Crippen LogP contribution in [0, 0.1) is 6.92 Å². The molecule has 1 aliphatic heterocycles. The lowest BCUT2D eigenvalue weighted by Crippen LogP contribution is -2.21. The summed E-state index contributed by atoms with van der Waals surface area (Å²) in [4.78, 5) is 13.1. The molecule has 0 N–H and O–H groups in total. The Morgan fingerprint density at radius 2 is 1.42 bits per heavy atom. The van der Waals surface area contributed by atoms with Gasteiger partial charge in [-0.05, 0) is 36.3 Å². The summed E-state index contributed by atoms with van der Waals surface area (Å²) in [7, 11) is 0. The molecule has 1 heterocycles. The zero-order chi connectivity index (χ0) is 17.9. The van der Waals surface area contributed by atoms with Gasteiger partial charge in [-0.15, -0.1) is 0 Å². The van der Waals surface area contributed by atoms with Gasteiger partial charge in [-0.3, -0.25) is 4.79 Å². The first kappa shape index (κ1) is 16.0. The lowest BCUT2D eigenvalue weighted by molar-refractivity contribution is -0.114.